The van der Waals surface area contributed by atoms with Crippen LogP contribution in [0.5, 0.6) is 5.75 Å². The maximum absolute atomic E-state index is 13.8. The van der Waals surface area contributed by atoms with Crippen molar-refractivity contribution in [1.29, 1.82) is 0 Å². The third-order valence-electron chi connectivity index (χ3n) is 2.82. The Kier molecular flexibility index (Phi) is 4.68. The molecule has 0 radical (unpaired) electrons. The van der Waals surface area contributed by atoms with Crippen molar-refractivity contribution >= 4 is 0 Å². The summed E-state index contributed by atoms with van der Waals surface area (Å²) in [5, 5.41) is 3.80. The Bertz CT molecular complexity index is 569. The van der Waals surface area contributed by atoms with Crippen LogP contribution in [-0.2, 0) is 13.0 Å². The van der Waals surface area contributed by atoms with E-state index in [1.165, 1.54) is 6.07 Å². The molecule has 1 heterocycles. The third kappa shape index (κ3) is 3.54. The first kappa shape index (κ1) is 14.5. The minimum atomic E-state index is -0.451. The molecule has 20 heavy (non-hydrogen) atoms. The van der Waals surface area contributed by atoms with E-state index in [-0.39, 0.29) is 18.4 Å². The van der Waals surface area contributed by atoms with Crippen LogP contribution >= 0.6 is 0 Å². The number of ether oxygens (including phenoxy) is 1. The molecule has 6 heteroatoms. The van der Waals surface area contributed by atoms with Crippen molar-refractivity contribution in [2.45, 2.75) is 39.3 Å². The second-order valence-electron chi connectivity index (χ2n) is 4.62. The molecule has 0 aliphatic heterocycles. The fourth-order valence-electron chi connectivity index (χ4n) is 1.73. The molecule has 0 unspecified atom stereocenters. The monoisotopic (exact) mass is 279 g/mol. The van der Waals surface area contributed by atoms with Crippen LogP contribution in [0.25, 0.3) is 0 Å². The van der Waals surface area contributed by atoms with Gasteiger partial charge in [-0.05, 0) is 31.0 Å². The first-order valence-electron chi connectivity index (χ1n) is 6.59. The van der Waals surface area contributed by atoms with E-state index in [9.17, 15) is 4.39 Å². The van der Waals surface area contributed by atoms with Gasteiger partial charge in [-0.25, -0.2) is 4.39 Å². The van der Waals surface area contributed by atoms with E-state index in [0.29, 0.717) is 11.7 Å². The molecule has 108 valence electrons. The van der Waals surface area contributed by atoms with Gasteiger partial charge in [0.1, 0.15) is 0 Å². The lowest BCUT2D eigenvalue weighted by molar-refractivity contribution is 0.234. The smallest absolute Gasteiger partial charge is 0.264 e. The van der Waals surface area contributed by atoms with E-state index in [2.05, 4.69) is 10.1 Å². The number of nitrogens with zero attached hydrogens (tertiary/aromatic N) is 2. The molecule has 5 nitrogen and oxygen atoms in total. The lowest BCUT2D eigenvalue weighted by Crippen LogP contribution is -2.06. The lowest BCUT2D eigenvalue weighted by atomic mass is 10.1. The van der Waals surface area contributed by atoms with Crippen LogP contribution < -0.4 is 10.5 Å². The number of benzene rings is 1. The zero-order chi connectivity index (χ0) is 14.5. The second kappa shape index (κ2) is 6.47. The summed E-state index contributed by atoms with van der Waals surface area (Å²) in [5.41, 5.74) is 6.41. The van der Waals surface area contributed by atoms with Crippen molar-refractivity contribution in [2.75, 3.05) is 0 Å². The van der Waals surface area contributed by atoms with Gasteiger partial charge in [-0.1, -0.05) is 18.1 Å². The van der Waals surface area contributed by atoms with Gasteiger partial charge in [-0.15, -0.1) is 0 Å². The third-order valence-corrected chi connectivity index (χ3v) is 2.82. The summed E-state index contributed by atoms with van der Waals surface area (Å²) < 4.78 is 24.1. The van der Waals surface area contributed by atoms with Gasteiger partial charge in [0.15, 0.2) is 24.0 Å². The predicted octanol–water partition coefficient (Wildman–Crippen LogP) is 2.76. The highest BCUT2D eigenvalue weighted by Gasteiger charge is 2.10. The molecule has 0 bridgehead atoms. The van der Waals surface area contributed by atoms with Gasteiger partial charge in [0, 0.05) is 12.5 Å². The van der Waals surface area contributed by atoms with E-state index in [4.69, 9.17) is 15.0 Å². The minimum absolute atomic E-state index is 0.0468. The van der Waals surface area contributed by atoms with Crippen LogP contribution in [0.1, 0.15) is 43.6 Å². The van der Waals surface area contributed by atoms with Crippen LogP contribution in [0, 0.1) is 5.82 Å². The Labute approximate surface area is 116 Å². The normalized spacial score (nSPS) is 12.4. The summed E-state index contributed by atoms with van der Waals surface area (Å²) in [5.74, 6) is 0.667. The van der Waals surface area contributed by atoms with Crippen LogP contribution in [0.2, 0.25) is 0 Å². The molecule has 0 fully saturated rings. The minimum Gasteiger partial charge on any atom is -0.481 e. The summed E-state index contributed by atoms with van der Waals surface area (Å²) in [4.78, 5) is 4.15. The average Bonchev–Trinajstić information content (AvgIpc) is 2.85. The Hall–Kier alpha value is -1.95. The number of aryl methyl sites for hydroxylation is 1. The molecule has 2 rings (SSSR count). The molecule has 0 aliphatic rings. The molecule has 0 saturated heterocycles. The van der Waals surface area contributed by atoms with Crippen LogP contribution in [0.15, 0.2) is 22.7 Å². The number of nitrogens with two attached hydrogens (primary N) is 1. The first-order chi connectivity index (χ1) is 9.60. The number of hydrogen-bond donors (Lipinski definition) is 1. The van der Waals surface area contributed by atoms with Gasteiger partial charge in [0.25, 0.3) is 5.89 Å². The largest absolute Gasteiger partial charge is 0.481 e. The van der Waals surface area contributed by atoms with Crippen LogP contribution in [0.4, 0.5) is 4.39 Å². The van der Waals surface area contributed by atoms with Crippen molar-refractivity contribution in [3.8, 4) is 5.75 Å². The Balaban J connectivity index is 1.99. The van der Waals surface area contributed by atoms with Gasteiger partial charge in [0.2, 0.25) is 0 Å². The van der Waals surface area contributed by atoms with Crippen molar-refractivity contribution in [3.63, 3.8) is 0 Å². The zero-order valence-corrected chi connectivity index (χ0v) is 11.6. The zero-order valence-electron chi connectivity index (χ0n) is 11.6. The molecule has 0 saturated carbocycles. The summed E-state index contributed by atoms with van der Waals surface area (Å²) in [7, 11) is 0. The van der Waals surface area contributed by atoms with Crippen LogP contribution in [-0.4, -0.2) is 10.1 Å². The molecular formula is C14H18FN3O2. The number of halogens is 1. The Morgan fingerprint density at radius 2 is 2.25 bits per heavy atom. The number of aromatic nitrogens is 2. The van der Waals surface area contributed by atoms with Gasteiger partial charge in [-0.2, -0.15) is 4.98 Å². The van der Waals surface area contributed by atoms with Crippen molar-refractivity contribution in [1.82, 2.24) is 10.1 Å². The highest BCUT2D eigenvalue weighted by Crippen LogP contribution is 2.21. The van der Waals surface area contributed by atoms with Gasteiger partial charge in [0.05, 0.1) is 0 Å². The van der Waals surface area contributed by atoms with Gasteiger partial charge in [-0.3, -0.25) is 0 Å². The van der Waals surface area contributed by atoms with Crippen molar-refractivity contribution < 1.29 is 13.7 Å². The second-order valence-corrected chi connectivity index (χ2v) is 4.62. The first-order valence-corrected chi connectivity index (χ1v) is 6.59. The molecule has 1 aromatic heterocycles. The van der Waals surface area contributed by atoms with E-state index >= 15 is 0 Å². The molecule has 0 aliphatic carbocycles. The van der Waals surface area contributed by atoms with Gasteiger partial charge >= 0.3 is 0 Å². The Morgan fingerprint density at radius 1 is 1.45 bits per heavy atom. The fourth-order valence-corrected chi connectivity index (χ4v) is 1.73. The molecule has 1 aromatic carbocycles. The quantitative estimate of drug-likeness (QED) is 0.880. The van der Waals surface area contributed by atoms with Crippen LogP contribution in [0.3, 0.4) is 0 Å². The summed E-state index contributed by atoms with van der Waals surface area (Å²) in [6.45, 7) is 3.87. The molecule has 2 N–H and O–H groups in total. The molecule has 2 aromatic rings. The average molecular weight is 279 g/mol. The van der Waals surface area contributed by atoms with Crippen molar-refractivity contribution in [3.05, 3.63) is 41.3 Å². The summed E-state index contributed by atoms with van der Waals surface area (Å²) in [6, 6.07) is 4.44. The predicted molar refractivity (Wildman–Crippen MR) is 71.6 cm³/mol. The standard InChI is InChI=1S/C14H18FN3O2/c1-3-4-13-17-14(20-18-13)8-19-12-6-5-10(9(2)16)7-11(12)15/h5-7,9H,3-4,8,16H2,1-2H3/t9-/m0/s1. The van der Waals surface area contributed by atoms with E-state index in [1.54, 1.807) is 19.1 Å². The molecule has 1 atom stereocenters. The fraction of sp³-hybridized carbons (Fsp3) is 0.429. The number of hydrogen-bond acceptors (Lipinski definition) is 5. The molecule has 0 amide bonds. The Morgan fingerprint density at radius 3 is 2.90 bits per heavy atom. The molecule has 0 spiro atoms. The van der Waals surface area contributed by atoms with Gasteiger partial charge < -0.3 is 15.0 Å². The maximum atomic E-state index is 13.8. The summed E-state index contributed by atoms with van der Waals surface area (Å²) in [6.07, 6.45) is 1.69. The maximum Gasteiger partial charge on any atom is 0.264 e. The highest BCUT2D eigenvalue weighted by atomic mass is 19.1. The highest BCUT2D eigenvalue weighted by molar-refractivity contribution is 5.30. The SMILES string of the molecule is CCCc1noc(COc2ccc([C@H](C)N)cc2F)n1. The van der Waals surface area contributed by atoms with Crippen molar-refractivity contribution in [2.24, 2.45) is 5.73 Å². The van der Waals surface area contributed by atoms with E-state index in [1.807, 2.05) is 6.92 Å². The topological polar surface area (TPSA) is 74.2 Å². The molecular weight excluding hydrogens is 261 g/mol. The number of rotatable bonds is 6. The van der Waals surface area contributed by atoms with E-state index < -0.39 is 5.82 Å². The lowest BCUT2D eigenvalue weighted by Gasteiger charge is -2.09. The van der Waals surface area contributed by atoms with E-state index in [0.717, 1.165) is 18.4 Å². The summed E-state index contributed by atoms with van der Waals surface area (Å²) >= 11 is 0.